The number of hydrogen-bond donors (Lipinski definition) is 2. The molecule has 0 radical (unpaired) electrons. The van der Waals surface area contributed by atoms with Gasteiger partial charge in [0, 0.05) is 29.1 Å². The molecule has 2 N–H and O–H groups in total. The largest absolute Gasteiger partial charge is 0.416 e. The molecule has 6 nitrogen and oxygen atoms in total. The molecule has 0 fully saturated rings. The Morgan fingerprint density at radius 3 is 2.53 bits per heavy atom. The van der Waals surface area contributed by atoms with Crippen LogP contribution < -0.4 is 10.6 Å². The zero-order valence-electron chi connectivity index (χ0n) is 17.0. The summed E-state index contributed by atoms with van der Waals surface area (Å²) in [5.41, 5.74) is 0.752. The molecule has 0 aliphatic carbocycles. The van der Waals surface area contributed by atoms with Crippen molar-refractivity contribution in [2.75, 3.05) is 5.32 Å². The number of amides is 2. The summed E-state index contributed by atoms with van der Waals surface area (Å²) in [6.45, 7) is 1.70. The van der Waals surface area contributed by atoms with Crippen LogP contribution in [0.1, 0.15) is 38.7 Å². The maximum absolute atomic E-state index is 13.4. The van der Waals surface area contributed by atoms with Crippen LogP contribution in [0.2, 0.25) is 5.02 Å². The number of halogens is 4. The number of nitrogens with one attached hydrogen (secondary N) is 2. The Morgan fingerprint density at radius 2 is 1.88 bits per heavy atom. The molecular formula is C22H18ClF3N4O2. The SMILES string of the molecule is Cc1nn(C)c2c1[C@@H](c1cccc(C(F)(F)F)c1)[C@H](NC(=O)c1ccc(Cl)cc1)C(=O)N2. The van der Waals surface area contributed by atoms with Gasteiger partial charge in [0.05, 0.1) is 11.3 Å². The number of fused-ring (bicyclic) bond motifs is 1. The molecule has 1 aliphatic heterocycles. The van der Waals surface area contributed by atoms with Gasteiger partial charge in [-0.25, -0.2) is 0 Å². The topological polar surface area (TPSA) is 76.0 Å². The van der Waals surface area contributed by atoms with Crippen molar-refractivity contribution < 1.29 is 22.8 Å². The minimum atomic E-state index is -4.55. The van der Waals surface area contributed by atoms with Crippen LogP contribution in [0, 0.1) is 6.92 Å². The van der Waals surface area contributed by atoms with Crippen molar-refractivity contribution in [2.45, 2.75) is 25.1 Å². The summed E-state index contributed by atoms with van der Waals surface area (Å²) >= 11 is 5.87. The highest BCUT2D eigenvalue weighted by atomic mass is 35.5. The first-order valence-corrected chi connectivity index (χ1v) is 10.0. The first-order valence-electron chi connectivity index (χ1n) is 9.64. The maximum atomic E-state index is 13.4. The van der Waals surface area contributed by atoms with E-state index in [-0.39, 0.29) is 11.1 Å². The summed E-state index contributed by atoms with van der Waals surface area (Å²) in [6.07, 6.45) is -4.55. The molecule has 2 heterocycles. The molecular weight excluding hydrogens is 445 g/mol. The smallest absolute Gasteiger partial charge is 0.339 e. The Hall–Kier alpha value is -3.33. The van der Waals surface area contributed by atoms with Gasteiger partial charge in [-0.2, -0.15) is 18.3 Å². The van der Waals surface area contributed by atoms with E-state index in [9.17, 15) is 22.8 Å². The predicted molar refractivity (Wildman–Crippen MR) is 113 cm³/mol. The number of hydrogen-bond acceptors (Lipinski definition) is 3. The fourth-order valence-electron chi connectivity index (χ4n) is 3.95. The standard InChI is InChI=1S/C22H18ClF3N4O2/c1-11-16-17(13-4-3-5-14(10-13)22(24,25)26)18(21(32)28-19(16)30(2)29-11)27-20(31)12-6-8-15(23)9-7-12/h3-10,17-18H,1-2H3,(H,27,31)(H,28,32)/t17-,18+/m1/s1. The van der Waals surface area contributed by atoms with Crippen LogP contribution in [-0.4, -0.2) is 27.6 Å². The third-order valence-corrected chi connectivity index (χ3v) is 5.65. The van der Waals surface area contributed by atoms with Crippen LogP contribution >= 0.6 is 11.6 Å². The number of nitrogens with zero attached hydrogens (tertiary/aromatic N) is 2. The fourth-order valence-corrected chi connectivity index (χ4v) is 4.08. The summed E-state index contributed by atoms with van der Waals surface area (Å²) in [4.78, 5) is 25.8. The van der Waals surface area contributed by atoms with Gasteiger partial charge < -0.3 is 10.6 Å². The summed E-state index contributed by atoms with van der Waals surface area (Å²) in [5.74, 6) is -1.59. The highest BCUT2D eigenvalue weighted by molar-refractivity contribution is 6.30. The van der Waals surface area contributed by atoms with Crippen LogP contribution in [-0.2, 0) is 18.0 Å². The Balaban J connectivity index is 1.81. The van der Waals surface area contributed by atoms with E-state index >= 15 is 0 Å². The van der Waals surface area contributed by atoms with E-state index in [4.69, 9.17) is 11.6 Å². The zero-order chi connectivity index (χ0) is 23.2. The van der Waals surface area contributed by atoms with Gasteiger partial charge in [0.1, 0.15) is 11.9 Å². The van der Waals surface area contributed by atoms with E-state index in [0.29, 0.717) is 22.1 Å². The van der Waals surface area contributed by atoms with Crippen LogP contribution in [0.5, 0.6) is 0 Å². The Kier molecular flexibility index (Phi) is 5.46. The van der Waals surface area contributed by atoms with E-state index in [1.165, 1.54) is 41.1 Å². The van der Waals surface area contributed by atoms with Crippen LogP contribution in [0.25, 0.3) is 0 Å². The van der Waals surface area contributed by atoms with Crippen molar-refractivity contribution in [2.24, 2.45) is 7.05 Å². The van der Waals surface area contributed by atoms with Gasteiger partial charge in [-0.15, -0.1) is 0 Å². The highest BCUT2D eigenvalue weighted by Crippen LogP contribution is 2.41. The van der Waals surface area contributed by atoms with Crippen molar-refractivity contribution in [3.05, 3.63) is 81.5 Å². The Labute approximate surface area is 186 Å². The zero-order valence-corrected chi connectivity index (χ0v) is 17.8. The average molecular weight is 463 g/mol. The lowest BCUT2D eigenvalue weighted by Gasteiger charge is -2.33. The molecule has 0 unspecified atom stereocenters. The normalized spacial score (nSPS) is 18.1. The van der Waals surface area contributed by atoms with Gasteiger partial charge in [0.2, 0.25) is 5.91 Å². The minimum Gasteiger partial charge on any atom is -0.339 e. The highest BCUT2D eigenvalue weighted by Gasteiger charge is 2.42. The fraction of sp³-hybridized carbons (Fsp3) is 0.227. The quantitative estimate of drug-likeness (QED) is 0.610. The van der Waals surface area contributed by atoms with Crippen molar-refractivity contribution in [3.63, 3.8) is 0 Å². The summed E-state index contributed by atoms with van der Waals surface area (Å²) < 4.78 is 41.6. The second-order valence-electron chi connectivity index (χ2n) is 7.52. The maximum Gasteiger partial charge on any atom is 0.416 e. The Bertz CT molecular complexity index is 1200. The summed E-state index contributed by atoms with van der Waals surface area (Å²) in [6, 6.07) is 9.67. The molecule has 1 aromatic heterocycles. The van der Waals surface area contributed by atoms with Crippen molar-refractivity contribution in [1.82, 2.24) is 15.1 Å². The number of carbonyl (C=O) groups is 2. The van der Waals surface area contributed by atoms with E-state index < -0.39 is 35.5 Å². The molecule has 4 rings (SSSR count). The lowest BCUT2D eigenvalue weighted by molar-refractivity contribution is -0.137. The third kappa shape index (κ3) is 3.95. The Morgan fingerprint density at radius 1 is 1.19 bits per heavy atom. The van der Waals surface area contributed by atoms with Gasteiger partial charge in [-0.1, -0.05) is 29.8 Å². The first kappa shape index (κ1) is 21.9. The lowest BCUT2D eigenvalue weighted by Crippen LogP contribution is -2.50. The number of alkyl halides is 3. The minimum absolute atomic E-state index is 0.244. The molecule has 2 atom stereocenters. The molecule has 32 heavy (non-hydrogen) atoms. The molecule has 1 aliphatic rings. The summed E-state index contributed by atoms with van der Waals surface area (Å²) in [7, 11) is 1.63. The van der Waals surface area contributed by atoms with Crippen LogP contribution in [0.4, 0.5) is 19.0 Å². The molecule has 166 valence electrons. The van der Waals surface area contributed by atoms with Gasteiger partial charge in [-0.3, -0.25) is 14.3 Å². The number of anilines is 1. The first-order chi connectivity index (χ1) is 15.1. The van der Waals surface area contributed by atoms with Crippen molar-refractivity contribution >= 4 is 29.2 Å². The van der Waals surface area contributed by atoms with Gasteiger partial charge in [0.15, 0.2) is 0 Å². The van der Waals surface area contributed by atoms with Crippen LogP contribution in [0.3, 0.4) is 0 Å². The number of carbonyl (C=O) groups excluding carboxylic acids is 2. The second kappa shape index (κ2) is 7.98. The second-order valence-corrected chi connectivity index (χ2v) is 7.96. The molecule has 10 heteroatoms. The lowest BCUT2D eigenvalue weighted by atomic mass is 9.81. The number of aryl methyl sites for hydroxylation is 2. The molecule has 2 aromatic carbocycles. The molecule has 0 bridgehead atoms. The predicted octanol–water partition coefficient (Wildman–Crippen LogP) is 4.28. The molecule has 3 aromatic rings. The van der Waals surface area contributed by atoms with Gasteiger partial charge in [-0.05, 0) is 42.8 Å². The van der Waals surface area contributed by atoms with E-state index in [0.717, 1.165) is 12.1 Å². The van der Waals surface area contributed by atoms with Gasteiger partial charge >= 0.3 is 6.18 Å². The molecule has 2 amide bonds. The van der Waals surface area contributed by atoms with Gasteiger partial charge in [0.25, 0.3) is 5.91 Å². The van der Waals surface area contributed by atoms with Crippen molar-refractivity contribution in [1.29, 1.82) is 0 Å². The van der Waals surface area contributed by atoms with Crippen molar-refractivity contribution in [3.8, 4) is 0 Å². The number of aromatic nitrogens is 2. The third-order valence-electron chi connectivity index (χ3n) is 5.40. The molecule has 0 saturated carbocycles. The molecule has 0 saturated heterocycles. The number of benzene rings is 2. The number of rotatable bonds is 3. The summed E-state index contributed by atoms with van der Waals surface area (Å²) in [5, 5.41) is 10.1. The van der Waals surface area contributed by atoms with E-state index in [1.54, 1.807) is 14.0 Å². The van der Waals surface area contributed by atoms with Crippen LogP contribution in [0.15, 0.2) is 48.5 Å². The monoisotopic (exact) mass is 462 g/mol. The molecule has 0 spiro atoms. The average Bonchev–Trinajstić information content (AvgIpc) is 3.01. The van der Waals surface area contributed by atoms with E-state index in [2.05, 4.69) is 15.7 Å². The van der Waals surface area contributed by atoms with E-state index in [1.807, 2.05) is 0 Å².